The molecule has 1 aliphatic heterocycles. The number of rotatable bonds is 2. The van der Waals surface area contributed by atoms with Gasteiger partial charge in [0.15, 0.2) is 0 Å². The van der Waals surface area contributed by atoms with E-state index in [1.54, 1.807) is 37.8 Å². The van der Waals surface area contributed by atoms with Crippen molar-refractivity contribution in [3.63, 3.8) is 0 Å². The zero-order valence-corrected chi connectivity index (χ0v) is 13.1. The third-order valence-electron chi connectivity index (χ3n) is 3.04. The van der Waals surface area contributed by atoms with Crippen LogP contribution in [-0.4, -0.2) is 30.2 Å². The summed E-state index contributed by atoms with van der Waals surface area (Å²) in [6, 6.07) is 6.58. The molecule has 21 heavy (non-hydrogen) atoms. The molecule has 1 N–H and O–H groups in total. The summed E-state index contributed by atoms with van der Waals surface area (Å²) < 4.78 is 5.17. The van der Waals surface area contributed by atoms with E-state index in [2.05, 4.69) is 5.32 Å². The number of para-hydroxylation sites is 1. The van der Waals surface area contributed by atoms with Crippen molar-refractivity contribution < 1.29 is 14.3 Å². The van der Waals surface area contributed by atoms with Gasteiger partial charge in [-0.3, -0.25) is 4.79 Å². The first kappa shape index (κ1) is 15.6. The third-order valence-corrected chi connectivity index (χ3v) is 3.36. The molecule has 114 valence electrons. The lowest BCUT2D eigenvalue weighted by atomic mass is 10.2. The first-order chi connectivity index (χ1) is 9.78. The molecule has 1 aromatic carbocycles. The van der Waals surface area contributed by atoms with Gasteiger partial charge in [0.2, 0.25) is 5.91 Å². The summed E-state index contributed by atoms with van der Waals surface area (Å²) in [6.07, 6.45) is -0.0506. The van der Waals surface area contributed by atoms with Crippen molar-refractivity contribution in [3.05, 3.63) is 29.3 Å². The van der Waals surface area contributed by atoms with Gasteiger partial charge < -0.3 is 15.0 Å². The number of ether oxygens (including phenoxy) is 1. The fourth-order valence-electron chi connectivity index (χ4n) is 2.17. The Morgan fingerprint density at radius 2 is 2.05 bits per heavy atom. The van der Waals surface area contributed by atoms with Crippen LogP contribution < -0.4 is 10.2 Å². The van der Waals surface area contributed by atoms with Crippen molar-refractivity contribution in [2.24, 2.45) is 0 Å². The van der Waals surface area contributed by atoms with E-state index in [1.807, 2.05) is 12.1 Å². The molecule has 1 aromatic rings. The van der Waals surface area contributed by atoms with Crippen LogP contribution in [0.3, 0.4) is 0 Å². The highest BCUT2D eigenvalue weighted by molar-refractivity contribution is 6.34. The molecule has 0 spiro atoms. The standard InChI is InChI=1S/C15H19ClN2O3/c1-15(2,3)21-14(20)17-11-8-9-18(13(11)19)12-7-5-4-6-10(12)16/h4-7,11H,8-9H2,1-3H3,(H,17,20). The zero-order valence-electron chi connectivity index (χ0n) is 12.4. The molecule has 0 bridgehead atoms. The van der Waals surface area contributed by atoms with Gasteiger partial charge in [-0.1, -0.05) is 23.7 Å². The molecule has 1 unspecified atom stereocenters. The monoisotopic (exact) mass is 310 g/mol. The number of carbonyl (C=O) groups excluding carboxylic acids is 2. The van der Waals surface area contributed by atoms with Crippen LogP contribution >= 0.6 is 11.6 Å². The van der Waals surface area contributed by atoms with Crippen LogP contribution in [0.15, 0.2) is 24.3 Å². The van der Waals surface area contributed by atoms with Gasteiger partial charge in [0.1, 0.15) is 11.6 Å². The number of nitrogens with zero attached hydrogens (tertiary/aromatic N) is 1. The summed E-state index contributed by atoms with van der Waals surface area (Å²) in [4.78, 5) is 25.7. The molecule has 0 radical (unpaired) electrons. The molecule has 0 saturated carbocycles. The summed E-state index contributed by atoms with van der Waals surface area (Å²) >= 11 is 6.10. The van der Waals surface area contributed by atoms with E-state index in [9.17, 15) is 9.59 Å². The fraction of sp³-hybridized carbons (Fsp3) is 0.467. The Kier molecular flexibility index (Phi) is 4.42. The van der Waals surface area contributed by atoms with Gasteiger partial charge >= 0.3 is 6.09 Å². The normalized spacial score (nSPS) is 18.8. The van der Waals surface area contributed by atoms with Crippen molar-refractivity contribution in [1.82, 2.24) is 5.32 Å². The van der Waals surface area contributed by atoms with Crippen LogP contribution in [0.25, 0.3) is 0 Å². The average molecular weight is 311 g/mol. The molecule has 5 nitrogen and oxygen atoms in total. The molecule has 1 aliphatic rings. The van der Waals surface area contributed by atoms with Crippen molar-refractivity contribution in [3.8, 4) is 0 Å². The first-order valence-electron chi connectivity index (χ1n) is 6.83. The molecule has 1 atom stereocenters. The number of nitrogens with one attached hydrogen (secondary N) is 1. The molecule has 1 heterocycles. The predicted molar refractivity (Wildman–Crippen MR) is 81.6 cm³/mol. The predicted octanol–water partition coefficient (Wildman–Crippen LogP) is 2.97. The minimum Gasteiger partial charge on any atom is -0.444 e. The molecule has 2 amide bonds. The second-order valence-corrected chi connectivity index (χ2v) is 6.34. The van der Waals surface area contributed by atoms with Gasteiger partial charge in [-0.25, -0.2) is 4.79 Å². The molecule has 6 heteroatoms. The summed E-state index contributed by atoms with van der Waals surface area (Å²) in [7, 11) is 0. The summed E-state index contributed by atoms with van der Waals surface area (Å²) in [5.41, 5.74) is 0.0754. The number of anilines is 1. The van der Waals surface area contributed by atoms with Gasteiger partial charge in [-0.15, -0.1) is 0 Å². The first-order valence-corrected chi connectivity index (χ1v) is 7.21. The Morgan fingerprint density at radius 1 is 1.38 bits per heavy atom. The van der Waals surface area contributed by atoms with E-state index < -0.39 is 17.7 Å². The highest BCUT2D eigenvalue weighted by Gasteiger charge is 2.35. The smallest absolute Gasteiger partial charge is 0.408 e. The van der Waals surface area contributed by atoms with Crippen molar-refractivity contribution >= 4 is 29.3 Å². The van der Waals surface area contributed by atoms with Gasteiger partial charge in [-0.05, 0) is 39.3 Å². The van der Waals surface area contributed by atoms with Crippen LogP contribution in [0, 0.1) is 0 Å². The molecular formula is C15H19ClN2O3. The molecule has 1 fully saturated rings. The van der Waals surface area contributed by atoms with E-state index in [0.29, 0.717) is 23.7 Å². The number of carbonyl (C=O) groups is 2. The van der Waals surface area contributed by atoms with Crippen LogP contribution in [0.4, 0.5) is 10.5 Å². The molecule has 2 rings (SSSR count). The molecule has 0 aliphatic carbocycles. The SMILES string of the molecule is CC(C)(C)OC(=O)NC1CCN(c2ccccc2Cl)C1=O. The lowest BCUT2D eigenvalue weighted by Crippen LogP contribution is -2.43. The lowest BCUT2D eigenvalue weighted by Gasteiger charge is -2.22. The largest absolute Gasteiger partial charge is 0.444 e. The summed E-state index contributed by atoms with van der Waals surface area (Å²) in [6.45, 7) is 5.85. The van der Waals surface area contributed by atoms with Gasteiger partial charge in [0.25, 0.3) is 0 Å². The molecule has 0 aromatic heterocycles. The number of halogens is 1. The summed E-state index contributed by atoms with van der Waals surface area (Å²) in [5, 5.41) is 3.13. The zero-order chi connectivity index (χ0) is 15.6. The van der Waals surface area contributed by atoms with Crippen molar-refractivity contribution in [1.29, 1.82) is 0 Å². The van der Waals surface area contributed by atoms with Crippen LogP contribution in [0.2, 0.25) is 5.02 Å². The third kappa shape index (κ3) is 3.88. The van der Waals surface area contributed by atoms with Crippen molar-refractivity contribution in [2.45, 2.75) is 38.8 Å². The number of amides is 2. The van der Waals surface area contributed by atoms with E-state index in [-0.39, 0.29) is 5.91 Å². The maximum absolute atomic E-state index is 12.4. The Labute approximate surface area is 129 Å². The van der Waals surface area contributed by atoms with Crippen LogP contribution in [-0.2, 0) is 9.53 Å². The van der Waals surface area contributed by atoms with Crippen molar-refractivity contribution in [2.75, 3.05) is 11.4 Å². The molecular weight excluding hydrogens is 292 g/mol. The Balaban J connectivity index is 2.02. The lowest BCUT2D eigenvalue weighted by molar-refractivity contribution is -0.118. The number of hydrogen-bond acceptors (Lipinski definition) is 3. The van der Waals surface area contributed by atoms with Gasteiger partial charge in [0, 0.05) is 6.54 Å². The average Bonchev–Trinajstić information content (AvgIpc) is 2.69. The summed E-state index contributed by atoms with van der Waals surface area (Å²) in [5.74, 6) is -0.172. The van der Waals surface area contributed by atoms with E-state index in [4.69, 9.17) is 16.3 Å². The number of alkyl carbamates (subject to hydrolysis) is 1. The minimum atomic E-state index is -0.589. The highest BCUT2D eigenvalue weighted by atomic mass is 35.5. The second-order valence-electron chi connectivity index (χ2n) is 5.93. The van der Waals surface area contributed by atoms with Gasteiger partial charge in [0.05, 0.1) is 10.7 Å². The number of hydrogen-bond donors (Lipinski definition) is 1. The molecule has 1 saturated heterocycles. The maximum atomic E-state index is 12.4. The maximum Gasteiger partial charge on any atom is 0.408 e. The Morgan fingerprint density at radius 3 is 2.67 bits per heavy atom. The van der Waals surface area contributed by atoms with Crippen LogP contribution in [0.1, 0.15) is 27.2 Å². The topological polar surface area (TPSA) is 58.6 Å². The minimum absolute atomic E-state index is 0.172. The van der Waals surface area contributed by atoms with E-state index >= 15 is 0 Å². The second kappa shape index (κ2) is 5.93. The number of benzene rings is 1. The van der Waals surface area contributed by atoms with E-state index in [0.717, 1.165) is 0 Å². The fourth-order valence-corrected chi connectivity index (χ4v) is 2.41. The highest BCUT2D eigenvalue weighted by Crippen LogP contribution is 2.29. The van der Waals surface area contributed by atoms with Gasteiger partial charge in [-0.2, -0.15) is 0 Å². The Bertz CT molecular complexity index is 554. The quantitative estimate of drug-likeness (QED) is 0.913. The Hall–Kier alpha value is -1.75. The van der Waals surface area contributed by atoms with Crippen LogP contribution in [0.5, 0.6) is 0 Å². The van der Waals surface area contributed by atoms with E-state index in [1.165, 1.54) is 0 Å².